The van der Waals surface area contributed by atoms with E-state index in [0.29, 0.717) is 19.5 Å². The molecule has 0 spiro atoms. The molecule has 2 amide bonds. The number of rotatable bonds is 6. The van der Waals surface area contributed by atoms with Crippen molar-refractivity contribution in [3.63, 3.8) is 0 Å². The van der Waals surface area contributed by atoms with Gasteiger partial charge in [0, 0.05) is 25.3 Å². The normalized spacial score (nSPS) is 19.6. The quantitative estimate of drug-likeness (QED) is 0.665. The lowest BCUT2D eigenvalue weighted by molar-refractivity contribution is -0.275. The molecule has 1 fully saturated rings. The average Bonchev–Trinajstić information content (AvgIpc) is 2.66. The molecule has 0 saturated carbocycles. The fourth-order valence-corrected chi connectivity index (χ4v) is 3.22. The second kappa shape index (κ2) is 10.0. The molecule has 0 bridgehead atoms. The molecule has 0 aliphatic carbocycles. The number of hydrogen-bond acceptors (Lipinski definition) is 6. The van der Waals surface area contributed by atoms with Crippen molar-refractivity contribution in [3.05, 3.63) is 18.3 Å². The summed E-state index contributed by atoms with van der Waals surface area (Å²) < 4.78 is 52.5. The maximum absolute atomic E-state index is 12.9. The van der Waals surface area contributed by atoms with E-state index in [1.165, 1.54) is 12.3 Å². The van der Waals surface area contributed by atoms with E-state index in [1.54, 1.807) is 39.5 Å². The lowest BCUT2D eigenvalue weighted by atomic mass is 9.89. The predicted molar refractivity (Wildman–Crippen MR) is 114 cm³/mol. The number of pyridine rings is 1. The van der Waals surface area contributed by atoms with Gasteiger partial charge in [0.1, 0.15) is 12.2 Å². The predicted octanol–water partition coefficient (Wildman–Crippen LogP) is 4.15. The number of aromatic nitrogens is 1. The maximum atomic E-state index is 12.9. The molecular weight excluding hydrogens is 443 g/mol. The molecule has 1 aromatic rings. The van der Waals surface area contributed by atoms with Gasteiger partial charge in [-0.05, 0) is 59.1 Å². The highest BCUT2D eigenvalue weighted by atomic mass is 19.4. The molecule has 2 heterocycles. The topological polar surface area (TPSA) is 90.0 Å². The third-order valence-electron chi connectivity index (χ3n) is 5.02. The van der Waals surface area contributed by atoms with Gasteiger partial charge in [0.2, 0.25) is 5.91 Å². The second-order valence-electron chi connectivity index (χ2n) is 9.80. The third-order valence-corrected chi connectivity index (χ3v) is 5.02. The molecule has 186 valence electrons. The van der Waals surface area contributed by atoms with Crippen molar-refractivity contribution >= 4 is 12.0 Å². The molecule has 0 radical (unpaired) electrons. The number of ether oxygens (including phenoxy) is 3. The number of nitrogens with zero attached hydrogens (tertiary/aromatic N) is 2. The van der Waals surface area contributed by atoms with E-state index >= 15 is 0 Å². The second-order valence-corrected chi connectivity index (χ2v) is 9.80. The molecular formula is C22H32F3N3O5. The first-order valence-corrected chi connectivity index (χ1v) is 10.7. The van der Waals surface area contributed by atoms with Gasteiger partial charge in [0.25, 0.3) is 5.88 Å². The molecule has 11 heteroatoms. The van der Waals surface area contributed by atoms with Gasteiger partial charge in [-0.25, -0.2) is 9.78 Å². The fraction of sp³-hybridized carbons (Fsp3) is 0.682. The highest BCUT2D eigenvalue weighted by molar-refractivity contribution is 5.82. The Morgan fingerprint density at radius 2 is 1.88 bits per heavy atom. The van der Waals surface area contributed by atoms with Crippen LogP contribution in [0.1, 0.15) is 48.0 Å². The van der Waals surface area contributed by atoms with Crippen LogP contribution in [-0.4, -0.2) is 59.6 Å². The minimum absolute atomic E-state index is 0.0190. The monoisotopic (exact) mass is 475 g/mol. The Hall–Kier alpha value is -2.72. The highest BCUT2D eigenvalue weighted by Gasteiger charge is 2.37. The summed E-state index contributed by atoms with van der Waals surface area (Å²) >= 11 is 0. The van der Waals surface area contributed by atoms with Crippen LogP contribution in [0.2, 0.25) is 0 Å². The van der Waals surface area contributed by atoms with Crippen molar-refractivity contribution in [1.82, 2.24) is 15.2 Å². The van der Waals surface area contributed by atoms with Gasteiger partial charge in [-0.3, -0.25) is 4.79 Å². The molecule has 2 rings (SSSR count). The SMILES string of the molecule is CC1CN(C(=O)OC(C)(C)C)CCC1NC(=O)C(C)(C)COc1ncccc1OC(F)(F)F. The Bertz CT molecular complexity index is 839. The summed E-state index contributed by atoms with van der Waals surface area (Å²) in [7, 11) is 0. The first kappa shape index (κ1) is 26.5. The van der Waals surface area contributed by atoms with Gasteiger partial charge in [0.05, 0.1) is 5.41 Å². The van der Waals surface area contributed by atoms with Crippen molar-refractivity contribution in [2.75, 3.05) is 19.7 Å². The summed E-state index contributed by atoms with van der Waals surface area (Å²) in [5, 5.41) is 2.98. The summed E-state index contributed by atoms with van der Waals surface area (Å²) in [6.45, 7) is 11.2. The molecule has 1 aliphatic rings. The first-order chi connectivity index (χ1) is 15.1. The lowest BCUT2D eigenvalue weighted by Gasteiger charge is -2.39. The van der Waals surface area contributed by atoms with Crippen molar-refractivity contribution in [2.24, 2.45) is 11.3 Å². The number of piperidine rings is 1. The number of carbonyl (C=O) groups excluding carboxylic acids is 2. The smallest absolute Gasteiger partial charge is 0.474 e. The van der Waals surface area contributed by atoms with E-state index in [9.17, 15) is 22.8 Å². The van der Waals surface area contributed by atoms with Crippen LogP contribution in [-0.2, 0) is 9.53 Å². The number of nitrogens with one attached hydrogen (secondary N) is 1. The Morgan fingerprint density at radius 3 is 2.45 bits per heavy atom. The van der Waals surface area contributed by atoms with E-state index in [-0.39, 0.29) is 36.4 Å². The lowest BCUT2D eigenvalue weighted by Crippen LogP contribution is -2.54. The number of likely N-dealkylation sites (tertiary alicyclic amines) is 1. The van der Waals surface area contributed by atoms with Crippen molar-refractivity contribution in [2.45, 2.75) is 66.0 Å². The van der Waals surface area contributed by atoms with Crippen molar-refractivity contribution in [1.29, 1.82) is 0 Å². The van der Waals surface area contributed by atoms with Crippen LogP contribution in [0, 0.1) is 11.3 Å². The van der Waals surface area contributed by atoms with Crippen molar-refractivity contribution < 1.29 is 37.0 Å². The van der Waals surface area contributed by atoms with Crippen LogP contribution in [0.4, 0.5) is 18.0 Å². The third kappa shape index (κ3) is 8.29. The van der Waals surface area contributed by atoms with E-state index < -0.39 is 23.1 Å². The summed E-state index contributed by atoms with van der Waals surface area (Å²) in [6.07, 6.45) is -3.46. The van der Waals surface area contributed by atoms with E-state index in [0.717, 1.165) is 6.07 Å². The Labute approximate surface area is 191 Å². The zero-order valence-electron chi connectivity index (χ0n) is 19.8. The molecule has 1 aromatic heterocycles. The minimum Gasteiger partial charge on any atom is -0.474 e. The largest absolute Gasteiger partial charge is 0.573 e. The summed E-state index contributed by atoms with van der Waals surface area (Å²) in [6, 6.07) is 2.20. The standard InChI is InChI=1S/C22H32F3N3O5/c1-14-12-28(19(30)33-20(2,3)4)11-9-15(14)27-18(29)21(5,6)13-31-17-16(8-7-10-26-17)32-22(23,24)25/h7-8,10,14-15H,9,11-13H2,1-6H3,(H,27,29). The fourth-order valence-electron chi connectivity index (χ4n) is 3.22. The molecule has 1 N–H and O–H groups in total. The Kier molecular flexibility index (Phi) is 8.08. The number of carbonyl (C=O) groups is 2. The first-order valence-electron chi connectivity index (χ1n) is 10.7. The average molecular weight is 476 g/mol. The summed E-state index contributed by atoms with van der Waals surface area (Å²) in [4.78, 5) is 30.6. The minimum atomic E-state index is -4.89. The molecule has 2 atom stereocenters. The summed E-state index contributed by atoms with van der Waals surface area (Å²) in [5.41, 5.74) is -1.65. The van der Waals surface area contributed by atoms with Crippen LogP contribution >= 0.6 is 0 Å². The van der Waals surface area contributed by atoms with Gasteiger partial charge in [-0.2, -0.15) is 0 Å². The highest BCUT2D eigenvalue weighted by Crippen LogP contribution is 2.31. The van der Waals surface area contributed by atoms with Crippen molar-refractivity contribution in [3.8, 4) is 11.6 Å². The van der Waals surface area contributed by atoms with Gasteiger partial charge < -0.3 is 24.4 Å². The number of alkyl halides is 3. The van der Waals surface area contributed by atoms with E-state index in [1.807, 2.05) is 6.92 Å². The molecule has 8 nitrogen and oxygen atoms in total. The zero-order chi connectivity index (χ0) is 25.0. The number of hydrogen-bond donors (Lipinski definition) is 1. The van der Waals surface area contributed by atoms with E-state index in [2.05, 4.69) is 15.0 Å². The van der Waals surface area contributed by atoms with Gasteiger partial charge in [0.15, 0.2) is 5.75 Å². The Morgan fingerprint density at radius 1 is 1.21 bits per heavy atom. The Balaban J connectivity index is 1.93. The molecule has 1 saturated heterocycles. The molecule has 0 aromatic carbocycles. The number of amides is 2. The van der Waals surface area contributed by atoms with Gasteiger partial charge in [-0.15, -0.1) is 13.2 Å². The maximum Gasteiger partial charge on any atom is 0.573 e. The molecule has 1 aliphatic heterocycles. The number of halogens is 3. The van der Waals surface area contributed by atoms with Crippen LogP contribution in [0.25, 0.3) is 0 Å². The molecule has 2 unspecified atom stereocenters. The van der Waals surface area contributed by atoms with Crippen LogP contribution in [0.3, 0.4) is 0 Å². The molecule has 33 heavy (non-hydrogen) atoms. The zero-order valence-corrected chi connectivity index (χ0v) is 19.8. The van der Waals surface area contributed by atoms with Crippen LogP contribution in [0.15, 0.2) is 18.3 Å². The van der Waals surface area contributed by atoms with Gasteiger partial charge >= 0.3 is 12.5 Å². The van der Waals surface area contributed by atoms with Crippen LogP contribution < -0.4 is 14.8 Å². The summed E-state index contributed by atoms with van der Waals surface area (Å²) in [5.74, 6) is -1.27. The van der Waals surface area contributed by atoms with Gasteiger partial charge in [-0.1, -0.05) is 6.92 Å². The van der Waals surface area contributed by atoms with E-state index in [4.69, 9.17) is 9.47 Å². The van der Waals surface area contributed by atoms with Crippen LogP contribution in [0.5, 0.6) is 11.6 Å².